The summed E-state index contributed by atoms with van der Waals surface area (Å²) >= 11 is 0. The van der Waals surface area contributed by atoms with Gasteiger partial charge in [-0.15, -0.1) is 0 Å². The molecule has 1 saturated carbocycles. The number of fused-ring (bicyclic) bond motifs is 1. The number of amides is 2. The number of hydrogen-bond acceptors (Lipinski definition) is 2. The fourth-order valence-corrected chi connectivity index (χ4v) is 4.64. The largest absolute Gasteiger partial charge is 0.337 e. The van der Waals surface area contributed by atoms with Crippen LogP contribution in [0.25, 0.3) is 0 Å². The molecule has 2 saturated heterocycles. The Bertz CT molecular complexity index is 404. The minimum absolute atomic E-state index is 0.155. The molecule has 0 radical (unpaired) electrons. The van der Waals surface area contributed by atoms with Gasteiger partial charge in [0.15, 0.2) is 0 Å². The maximum atomic E-state index is 12.9. The Hall–Kier alpha value is -1.06. The van der Waals surface area contributed by atoms with E-state index in [4.69, 9.17) is 0 Å². The smallest absolute Gasteiger partial charge is 0.245 e. The lowest BCUT2D eigenvalue weighted by molar-refractivity contribution is -0.141. The summed E-state index contributed by atoms with van der Waals surface area (Å²) in [6.07, 6.45) is 9.85. The zero-order chi connectivity index (χ0) is 14.8. The fourth-order valence-electron chi connectivity index (χ4n) is 4.64. The van der Waals surface area contributed by atoms with E-state index >= 15 is 0 Å². The molecule has 3 aliphatic rings. The van der Waals surface area contributed by atoms with E-state index in [1.54, 1.807) is 0 Å². The molecule has 3 rings (SSSR count). The lowest BCUT2D eigenvalue weighted by Crippen LogP contribution is -2.50. The van der Waals surface area contributed by atoms with Crippen LogP contribution in [0.15, 0.2) is 0 Å². The third kappa shape index (κ3) is 2.82. The molecule has 0 aromatic carbocycles. The van der Waals surface area contributed by atoms with Crippen LogP contribution in [0, 0.1) is 5.92 Å². The zero-order valence-electron chi connectivity index (χ0n) is 13.2. The highest BCUT2D eigenvalue weighted by atomic mass is 16.2. The van der Waals surface area contributed by atoms with Gasteiger partial charge in [0.25, 0.3) is 0 Å². The van der Waals surface area contributed by atoms with Crippen LogP contribution in [0.4, 0.5) is 0 Å². The maximum Gasteiger partial charge on any atom is 0.245 e. The Labute approximate surface area is 127 Å². The molecule has 0 bridgehead atoms. The van der Waals surface area contributed by atoms with E-state index in [9.17, 15) is 9.59 Å². The molecule has 0 spiro atoms. The predicted molar refractivity (Wildman–Crippen MR) is 81.7 cm³/mol. The van der Waals surface area contributed by atoms with Gasteiger partial charge >= 0.3 is 0 Å². The molecule has 0 aromatic heterocycles. The van der Waals surface area contributed by atoms with Crippen molar-refractivity contribution in [1.29, 1.82) is 0 Å². The van der Waals surface area contributed by atoms with Gasteiger partial charge in [0, 0.05) is 25.6 Å². The average molecular weight is 292 g/mol. The van der Waals surface area contributed by atoms with Crippen molar-refractivity contribution in [3.8, 4) is 0 Å². The molecule has 1 aliphatic carbocycles. The van der Waals surface area contributed by atoms with E-state index in [0.717, 1.165) is 25.8 Å². The molecule has 2 heterocycles. The molecule has 0 aromatic rings. The second-order valence-electron chi connectivity index (χ2n) is 6.90. The maximum absolute atomic E-state index is 12.9. The molecule has 0 N–H and O–H groups in total. The Balaban J connectivity index is 1.78. The molecule has 4 heteroatoms. The van der Waals surface area contributed by atoms with Gasteiger partial charge in [0.1, 0.15) is 6.04 Å². The first-order valence-electron chi connectivity index (χ1n) is 8.82. The van der Waals surface area contributed by atoms with E-state index in [1.165, 1.54) is 32.1 Å². The van der Waals surface area contributed by atoms with E-state index in [2.05, 4.69) is 11.8 Å². The Morgan fingerprint density at radius 3 is 2.52 bits per heavy atom. The number of nitrogens with zero attached hydrogens (tertiary/aromatic N) is 2. The Kier molecular flexibility index (Phi) is 4.51. The van der Waals surface area contributed by atoms with Gasteiger partial charge < -0.3 is 9.80 Å². The van der Waals surface area contributed by atoms with E-state index in [1.807, 2.05) is 4.90 Å². The highest BCUT2D eigenvalue weighted by molar-refractivity contribution is 5.90. The summed E-state index contributed by atoms with van der Waals surface area (Å²) in [7, 11) is 0. The van der Waals surface area contributed by atoms with Crippen molar-refractivity contribution in [2.24, 2.45) is 5.92 Å². The van der Waals surface area contributed by atoms with E-state index in [-0.39, 0.29) is 17.9 Å². The monoisotopic (exact) mass is 292 g/mol. The first kappa shape index (κ1) is 14.9. The van der Waals surface area contributed by atoms with Crippen LogP contribution < -0.4 is 0 Å². The summed E-state index contributed by atoms with van der Waals surface area (Å²) in [6, 6.07) is 0.198. The van der Waals surface area contributed by atoms with Crippen molar-refractivity contribution in [3.05, 3.63) is 0 Å². The van der Waals surface area contributed by atoms with Crippen molar-refractivity contribution in [2.75, 3.05) is 13.1 Å². The van der Waals surface area contributed by atoms with Gasteiger partial charge in [-0.05, 0) is 38.0 Å². The van der Waals surface area contributed by atoms with Crippen molar-refractivity contribution < 1.29 is 9.59 Å². The second-order valence-corrected chi connectivity index (χ2v) is 6.90. The minimum atomic E-state index is -0.155. The molecule has 4 nitrogen and oxygen atoms in total. The van der Waals surface area contributed by atoms with E-state index < -0.39 is 0 Å². The van der Waals surface area contributed by atoms with Gasteiger partial charge in [0.05, 0.1) is 0 Å². The Morgan fingerprint density at radius 2 is 1.81 bits per heavy atom. The van der Waals surface area contributed by atoms with Crippen LogP contribution in [0.3, 0.4) is 0 Å². The van der Waals surface area contributed by atoms with Crippen molar-refractivity contribution in [2.45, 2.75) is 76.8 Å². The molecular formula is C17H28N2O2. The van der Waals surface area contributed by atoms with Crippen molar-refractivity contribution >= 4 is 11.8 Å². The molecule has 2 aliphatic heterocycles. The molecule has 2 amide bonds. The predicted octanol–water partition coefficient (Wildman–Crippen LogP) is 2.57. The highest BCUT2D eigenvalue weighted by Crippen LogP contribution is 2.33. The number of carbonyl (C=O) groups excluding carboxylic acids is 2. The first-order valence-corrected chi connectivity index (χ1v) is 8.82. The molecule has 21 heavy (non-hydrogen) atoms. The number of rotatable bonds is 3. The van der Waals surface area contributed by atoms with Crippen LogP contribution in [0.2, 0.25) is 0 Å². The second kappa shape index (κ2) is 6.37. The van der Waals surface area contributed by atoms with Crippen molar-refractivity contribution in [3.63, 3.8) is 0 Å². The fraction of sp³-hybridized carbons (Fsp3) is 0.882. The first-order chi connectivity index (χ1) is 10.2. The number of hydrogen-bond donors (Lipinski definition) is 0. The molecule has 2 unspecified atom stereocenters. The van der Waals surface area contributed by atoms with Gasteiger partial charge in [-0.2, -0.15) is 0 Å². The van der Waals surface area contributed by atoms with Crippen LogP contribution in [0.1, 0.15) is 64.7 Å². The van der Waals surface area contributed by atoms with Crippen LogP contribution in [0.5, 0.6) is 0 Å². The standard InChI is InChI=1S/C17H28N2O2/c1-2-14(13-7-4-3-5-8-13)19-12-10-16(20)18-11-6-9-15(18)17(19)21/h13-15H,2-12H2,1H3. The molecule has 2 atom stereocenters. The summed E-state index contributed by atoms with van der Waals surface area (Å²) in [5.41, 5.74) is 0. The lowest BCUT2D eigenvalue weighted by Gasteiger charge is -2.39. The van der Waals surface area contributed by atoms with Gasteiger partial charge in [-0.25, -0.2) is 0 Å². The summed E-state index contributed by atoms with van der Waals surface area (Å²) in [5.74, 6) is 1.07. The summed E-state index contributed by atoms with van der Waals surface area (Å²) < 4.78 is 0. The third-order valence-corrected chi connectivity index (χ3v) is 5.72. The summed E-state index contributed by atoms with van der Waals surface area (Å²) in [5, 5.41) is 0. The summed E-state index contributed by atoms with van der Waals surface area (Å²) in [4.78, 5) is 29.1. The summed E-state index contributed by atoms with van der Waals surface area (Å²) in [6.45, 7) is 3.62. The quantitative estimate of drug-likeness (QED) is 0.802. The van der Waals surface area contributed by atoms with Crippen LogP contribution in [-0.2, 0) is 9.59 Å². The number of carbonyl (C=O) groups is 2. The topological polar surface area (TPSA) is 40.6 Å². The Morgan fingerprint density at radius 1 is 1.05 bits per heavy atom. The molecular weight excluding hydrogens is 264 g/mol. The van der Waals surface area contributed by atoms with Crippen LogP contribution in [-0.4, -0.2) is 46.8 Å². The third-order valence-electron chi connectivity index (χ3n) is 5.72. The molecule has 3 fully saturated rings. The lowest BCUT2D eigenvalue weighted by atomic mass is 9.82. The van der Waals surface area contributed by atoms with Gasteiger partial charge in [-0.3, -0.25) is 9.59 Å². The van der Waals surface area contributed by atoms with Crippen molar-refractivity contribution in [1.82, 2.24) is 9.80 Å². The zero-order valence-corrected chi connectivity index (χ0v) is 13.2. The average Bonchev–Trinajstić information content (AvgIpc) is 2.97. The normalized spacial score (nSPS) is 29.5. The SMILES string of the molecule is CCC(C1CCCCC1)N1CCC(=O)N2CCCC2C1=O. The molecule has 118 valence electrons. The highest BCUT2D eigenvalue weighted by Gasteiger charge is 2.42. The van der Waals surface area contributed by atoms with Gasteiger partial charge in [-0.1, -0.05) is 26.2 Å². The van der Waals surface area contributed by atoms with Crippen LogP contribution >= 0.6 is 0 Å². The minimum Gasteiger partial charge on any atom is -0.337 e. The van der Waals surface area contributed by atoms with E-state index in [0.29, 0.717) is 24.9 Å². The van der Waals surface area contributed by atoms with Gasteiger partial charge in [0.2, 0.25) is 11.8 Å².